The fourth-order valence-corrected chi connectivity index (χ4v) is 3.37. The van der Waals surface area contributed by atoms with Gasteiger partial charge in [-0.05, 0) is 30.3 Å². The van der Waals surface area contributed by atoms with Gasteiger partial charge in [0.2, 0.25) is 0 Å². The van der Waals surface area contributed by atoms with Crippen LogP contribution in [0.2, 0.25) is 10.0 Å². The van der Waals surface area contributed by atoms with Gasteiger partial charge in [0.25, 0.3) is 11.4 Å². The Morgan fingerprint density at radius 2 is 1.93 bits per heavy atom. The van der Waals surface area contributed by atoms with E-state index < -0.39 is 0 Å². The highest BCUT2D eigenvalue weighted by Crippen LogP contribution is 2.29. The van der Waals surface area contributed by atoms with Crippen molar-refractivity contribution < 1.29 is 4.52 Å². The molecule has 2 aromatic heterocycles. The Hall–Kier alpha value is -2.70. The molecule has 8 heteroatoms. The van der Waals surface area contributed by atoms with E-state index in [0.29, 0.717) is 44.6 Å². The Kier molecular flexibility index (Phi) is 4.68. The average molecular weight is 401 g/mol. The summed E-state index contributed by atoms with van der Waals surface area (Å²) in [5.74, 6) is 1.30. The Balaban J connectivity index is 1.74. The van der Waals surface area contributed by atoms with Crippen molar-refractivity contribution in [3.63, 3.8) is 0 Å². The van der Waals surface area contributed by atoms with E-state index in [0.717, 1.165) is 0 Å². The second-order valence-electron chi connectivity index (χ2n) is 5.93. The lowest BCUT2D eigenvalue weighted by Crippen LogP contribution is -2.26. The molecule has 0 aliphatic carbocycles. The van der Waals surface area contributed by atoms with Gasteiger partial charge in [-0.2, -0.15) is 4.98 Å². The van der Waals surface area contributed by atoms with Gasteiger partial charge in [0.15, 0.2) is 5.82 Å². The molecule has 0 amide bonds. The minimum absolute atomic E-state index is 0.131. The predicted molar refractivity (Wildman–Crippen MR) is 104 cm³/mol. The van der Waals surface area contributed by atoms with E-state index in [4.69, 9.17) is 27.7 Å². The van der Waals surface area contributed by atoms with Crippen LogP contribution in [0.5, 0.6) is 0 Å². The monoisotopic (exact) mass is 400 g/mol. The minimum Gasteiger partial charge on any atom is -0.334 e. The van der Waals surface area contributed by atoms with Gasteiger partial charge in [-0.25, -0.2) is 4.98 Å². The van der Waals surface area contributed by atoms with Gasteiger partial charge in [0, 0.05) is 11.4 Å². The van der Waals surface area contributed by atoms with Crippen molar-refractivity contribution >= 4 is 34.1 Å². The molecule has 27 heavy (non-hydrogen) atoms. The van der Waals surface area contributed by atoms with Crippen molar-refractivity contribution in [1.82, 2.24) is 19.7 Å². The van der Waals surface area contributed by atoms with Crippen molar-refractivity contribution in [2.24, 2.45) is 0 Å². The lowest BCUT2D eigenvalue weighted by Gasteiger charge is -2.10. The molecule has 0 saturated carbocycles. The number of aryl methyl sites for hydroxylation is 1. The van der Waals surface area contributed by atoms with Crippen LogP contribution >= 0.6 is 23.2 Å². The number of hydrogen-bond acceptors (Lipinski definition) is 5. The summed E-state index contributed by atoms with van der Waals surface area (Å²) in [5.41, 5.74) is 1.13. The SMILES string of the molecule is CCc1nc2ccccc2c(=O)n1Cc1noc(-c2ccc(Cl)cc2Cl)n1. The molecule has 0 unspecified atom stereocenters. The van der Waals surface area contributed by atoms with Crippen LogP contribution in [0, 0.1) is 0 Å². The highest BCUT2D eigenvalue weighted by atomic mass is 35.5. The normalized spacial score (nSPS) is 11.2. The molecule has 0 bridgehead atoms. The van der Waals surface area contributed by atoms with Crippen molar-refractivity contribution in [1.29, 1.82) is 0 Å². The molecule has 2 aromatic carbocycles. The first-order chi connectivity index (χ1) is 13.1. The number of benzene rings is 2. The quantitative estimate of drug-likeness (QED) is 0.508. The number of halogens is 2. The molecule has 0 aliphatic rings. The lowest BCUT2D eigenvalue weighted by atomic mass is 10.2. The third-order valence-electron chi connectivity index (χ3n) is 4.19. The zero-order chi connectivity index (χ0) is 19.0. The van der Waals surface area contributed by atoms with Crippen LogP contribution in [-0.4, -0.2) is 19.7 Å². The first kappa shape index (κ1) is 17.7. The fourth-order valence-electron chi connectivity index (χ4n) is 2.88. The summed E-state index contributed by atoms with van der Waals surface area (Å²) in [4.78, 5) is 21.8. The summed E-state index contributed by atoms with van der Waals surface area (Å²) < 4.78 is 6.89. The molecule has 0 atom stereocenters. The molecule has 4 aromatic rings. The summed E-state index contributed by atoms with van der Waals surface area (Å²) in [6, 6.07) is 12.3. The smallest absolute Gasteiger partial charge is 0.261 e. The Bertz CT molecular complexity index is 1200. The van der Waals surface area contributed by atoms with Crippen LogP contribution < -0.4 is 5.56 Å². The maximum absolute atomic E-state index is 12.9. The molecule has 6 nitrogen and oxygen atoms in total. The van der Waals surface area contributed by atoms with E-state index in [-0.39, 0.29) is 18.0 Å². The molecule has 0 N–H and O–H groups in total. The van der Waals surface area contributed by atoms with Crippen LogP contribution in [0.3, 0.4) is 0 Å². The maximum Gasteiger partial charge on any atom is 0.261 e. The Morgan fingerprint density at radius 3 is 2.70 bits per heavy atom. The van der Waals surface area contributed by atoms with Crippen molar-refractivity contribution in [2.75, 3.05) is 0 Å². The standard InChI is InChI=1S/C19H14Cl2N4O2/c1-2-17-22-15-6-4-3-5-13(15)19(26)25(17)10-16-23-18(27-24-16)12-8-7-11(20)9-14(12)21/h3-9H,2,10H2,1H3. The van der Waals surface area contributed by atoms with Gasteiger partial charge in [0.05, 0.1) is 28.0 Å². The zero-order valence-corrected chi connectivity index (χ0v) is 15.8. The highest BCUT2D eigenvalue weighted by molar-refractivity contribution is 6.36. The molecule has 0 fully saturated rings. The van der Waals surface area contributed by atoms with Crippen LogP contribution in [0.4, 0.5) is 0 Å². The van der Waals surface area contributed by atoms with Crippen LogP contribution in [0.25, 0.3) is 22.4 Å². The number of aromatic nitrogens is 4. The molecule has 0 aliphatic heterocycles. The minimum atomic E-state index is -0.131. The van der Waals surface area contributed by atoms with Gasteiger partial charge in [-0.15, -0.1) is 0 Å². The summed E-state index contributed by atoms with van der Waals surface area (Å²) in [6.07, 6.45) is 0.605. The van der Waals surface area contributed by atoms with Gasteiger partial charge in [-0.3, -0.25) is 9.36 Å². The molecule has 136 valence electrons. The Labute approximate surface area is 164 Å². The van der Waals surface area contributed by atoms with E-state index in [1.807, 2.05) is 25.1 Å². The molecule has 0 radical (unpaired) electrons. The summed E-state index contributed by atoms with van der Waals surface area (Å²) in [6.45, 7) is 2.11. The lowest BCUT2D eigenvalue weighted by molar-refractivity contribution is 0.419. The number of para-hydroxylation sites is 1. The molecular formula is C19H14Cl2N4O2. The highest BCUT2D eigenvalue weighted by Gasteiger charge is 2.16. The largest absolute Gasteiger partial charge is 0.334 e. The third-order valence-corrected chi connectivity index (χ3v) is 4.73. The van der Waals surface area contributed by atoms with E-state index in [1.54, 1.807) is 28.8 Å². The summed E-state index contributed by atoms with van der Waals surface area (Å²) >= 11 is 12.1. The van der Waals surface area contributed by atoms with Crippen LogP contribution in [-0.2, 0) is 13.0 Å². The van der Waals surface area contributed by atoms with Crippen LogP contribution in [0.1, 0.15) is 18.6 Å². The fraction of sp³-hybridized carbons (Fsp3) is 0.158. The maximum atomic E-state index is 12.9. The topological polar surface area (TPSA) is 73.8 Å². The van der Waals surface area contributed by atoms with Gasteiger partial charge < -0.3 is 4.52 Å². The number of hydrogen-bond donors (Lipinski definition) is 0. The molecule has 0 saturated heterocycles. The summed E-state index contributed by atoms with van der Waals surface area (Å²) in [7, 11) is 0. The van der Waals surface area contributed by atoms with Crippen LogP contribution in [0.15, 0.2) is 51.8 Å². The van der Waals surface area contributed by atoms with Gasteiger partial charge in [-0.1, -0.05) is 47.4 Å². The van der Waals surface area contributed by atoms with E-state index >= 15 is 0 Å². The molecule has 0 spiro atoms. The predicted octanol–water partition coefficient (Wildman–Crippen LogP) is 4.36. The first-order valence-corrected chi connectivity index (χ1v) is 9.09. The second-order valence-corrected chi connectivity index (χ2v) is 6.77. The number of nitrogens with zero attached hydrogens (tertiary/aromatic N) is 4. The van der Waals surface area contributed by atoms with Crippen molar-refractivity contribution in [3.8, 4) is 11.5 Å². The average Bonchev–Trinajstić information content (AvgIpc) is 3.12. The Morgan fingerprint density at radius 1 is 1.11 bits per heavy atom. The van der Waals surface area contributed by atoms with E-state index in [9.17, 15) is 4.79 Å². The number of rotatable bonds is 4. The number of fused-ring (bicyclic) bond motifs is 1. The van der Waals surface area contributed by atoms with E-state index in [1.165, 1.54) is 0 Å². The second kappa shape index (κ2) is 7.13. The molecule has 4 rings (SSSR count). The van der Waals surface area contributed by atoms with E-state index in [2.05, 4.69) is 15.1 Å². The third kappa shape index (κ3) is 3.34. The molecule has 2 heterocycles. The molecular weight excluding hydrogens is 387 g/mol. The van der Waals surface area contributed by atoms with Gasteiger partial charge >= 0.3 is 0 Å². The van der Waals surface area contributed by atoms with Crippen molar-refractivity contribution in [3.05, 3.63) is 74.5 Å². The summed E-state index contributed by atoms with van der Waals surface area (Å²) in [5, 5.41) is 5.47. The first-order valence-electron chi connectivity index (χ1n) is 8.33. The zero-order valence-electron chi connectivity index (χ0n) is 14.3. The van der Waals surface area contributed by atoms with Gasteiger partial charge in [0.1, 0.15) is 5.82 Å². The van der Waals surface area contributed by atoms with Crippen molar-refractivity contribution in [2.45, 2.75) is 19.9 Å².